The standard InChI is InChI=1S/C25H32N4O2S/c1-19-15-20(2)17-22(16-19)29(11-4-9-26)24(30)18-28-12-7-21(8-13-28)25(31)27-10-6-23-5-3-14-32-23/h3,5,14-17,21H,4,6-8,10-13,18H2,1-2H3,(H,27,31). The quantitative estimate of drug-likeness (QED) is 0.630. The van der Waals surface area contributed by atoms with Crippen LogP contribution in [0.25, 0.3) is 0 Å². The van der Waals surface area contributed by atoms with Crippen LogP contribution in [0, 0.1) is 31.1 Å². The molecule has 1 aliphatic rings. The van der Waals surface area contributed by atoms with Crippen molar-refractivity contribution >= 4 is 28.8 Å². The average Bonchev–Trinajstić information content (AvgIpc) is 3.27. The van der Waals surface area contributed by atoms with E-state index in [2.05, 4.69) is 33.8 Å². The van der Waals surface area contributed by atoms with Gasteiger partial charge in [0.25, 0.3) is 0 Å². The Hall–Kier alpha value is -2.69. The SMILES string of the molecule is Cc1cc(C)cc(N(CCC#N)C(=O)CN2CCC(C(=O)NCCc3cccs3)CC2)c1. The molecule has 32 heavy (non-hydrogen) atoms. The topological polar surface area (TPSA) is 76.4 Å². The molecule has 1 aromatic carbocycles. The van der Waals surface area contributed by atoms with E-state index in [1.165, 1.54) is 4.88 Å². The van der Waals surface area contributed by atoms with Gasteiger partial charge in [-0.05, 0) is 80.9 Å². The van der Waals surface area contributed by atoms with E-state index in [1.54, 1.807) is 16.2 Å². The number of likely N-dealkylation sites (tertiary alicyclic amines) is 1. The van der Waals surface area contributed by atoms with Gasteiger partial charge in [0, 0.05) is 29.6 Å². The number of thiophene rings is 1. The Balaban J connectivity index is 1.49. The van der Waals surface area contributed by atoms with Gasteiger partial charge in [0.1, 0.15) is 0 Å². The fourth-order valence-corrected chi connectivity index (χ4v) is 4.91. The lowest BCUT2D eigenvalue weighted by atomic mass is 9.96. The Morgan fingerprint density at radius 1 is 1.22 bits per heavy atom. The van der Waals surface area contributed by atoms with Crippen LogP contribution in [-0.4, -0.2) is 49.4 Å². The van der Waals surface area contributed by atoms with Gasteiger partial charge < -0.3 is 10.2 Å². The van der Waals surface area contributed by atoms with Crippen LogP contribution >= 0.6 is 11.3 Å². The first kappa shape index (κ1) is 24.0. The molecule has 1 saturated heterocycles. The molecule has 0 atom stereocenters. The van der Waals surface area contributed by atoms with Gasteiger partial charge in [-0.2, -0.15) is 5.26 Å². The van der Waals surface area contributed by atoms with Gasteiger partial charge in [-0.25, -0.2) is 0 Å². The van der Waals surface area contributed by atoms with Crippen LogP contribution in [0.3, 0.4) is 0 Å². The largest absolute Gasteiger partial charge is 0.355 e. The van der Waals surface area contributed by atoms with Gasteiger partial charge in [0.05, 0.1) is 19.0 Å². The number of piperidine rings is 1. The summed E-state index contributed by atoms with van der Waals surface area (Å²) >= 11 is 1.71. The van der Waals surface area contributed by atoms with Crippen molar-refractivity contribution in [2.24, 2.45) is 5.92 Å². The van der Waals surface area contributed by atoms with Gasteiger partial charge in [-0.1, -0.05) is 12.1 Å². The van der Waals surface area contributed by atoms with Crippen molar-refractivity contribution in [1.82, 2.24) is 10.2 Å². The molecule has 0 spiro atoms. The summed E-state index contributed by atoms with van der Waals surface area (Å²) in [4.78, 5) is 30.7. The van der Waals surface area contributed by atoms with Crippen molar-refractivity contribution in [3.63, 3.8) is 0 Å². The van der Waals surface area contributed by atoms with E-state index in [0.717, 1.165) is 49.2 Å². The number of amides is 2. The molecule has 0 bridgehead atoms. The van der Waals surface area contributed by atoms with Gasteiger partial charge in [-0.15, -0.1) is 11.3 Å². The van der Waals surface area contributed by atoms with Crippen LogP contribution in [-0.2, 0) is 16.0 Å². The zero-order valence-electron chi connectivity index (χ0n) is 19.0. The molecule has 1 fully saturated rings. The third-order valence-electron chi connectivity index (χ3n) is 5.83. The lowest BCUT2D eigenvalue weighted by Gasteiger charge is -2.32. The van der Waals surface area contributed by atoms with Crippen molar-refractivity contribution in [3.8, 4) is 6.07 Å². The number of carbonyl (C=O) groups excluding carboxylic acids is 2. The van der Waals surface area contributed by atoms with E-state index in [4.69, 9.17) is 5.26 Å². The van der Waals surface area contributed by atoms with Crippen LogP contribution in [0.1, 0.15) is 35.3 Å². The second-order valence-electron chi connectivity index (χ2n) is 8.47. The predicted octanol–water partition coefficient (Wildman–Crippen LogP) is 3.68. The Kier molecular flexibility index (Phi) is 8.83. The molecular weight excluding hydrogens is 420 g/mol. The number of nitriles is 1. The summed E-state index contributed by atoms with van der Waals surface area (Å²) in [6.07, 6.45) is 2.69. The van der Waals surface area contributed by atoms with Crippen LogP contribution in [0.4, 0.5) is 5.69 Å². The zero-order chi connectivity index (χ0) is 22.9. The van der Waals surface area contributed by atoms with E-state index in [-0.39, 0.29) is 17.7 Å². The minimum absolute atomic E-state index is 0.00380. The summed E-state index contributed by atoms with van der Waals surface area (Å²) in [5.74, 6) is 0.140. The van der Waals surface area contributed by atoms with Crippen molar-refractivity contribution in [3.05, 3.63) is 51.7 Å². The van der Waals surface area contributed by atoms with Crippen molar-refractivity contribution in [2.75, 3.05) is 37.6 Å². The van der Waals surface area contributed by atoms with E-state index < -0.39 is 0 Å². The third kappa shape index (κ3) is 6.91. The van der Waals surface area contributed by atoms with Crippen LogP contribution in [0.15, 0.2) is 35.7 Å². The number of nitrogens with zero attached hydrogens (tertiary/aromatic N) is 3. The number of anilines is 1. The molecule has 170 valence electrons. The normalized spacial score (nSPS) is 14.7. The van der Waals surface area contributed by atoms with Crippen LogP contribution < -0.4 is 10.2 Å². The first-order valence-electron chi connectivity index (χ1n) is 11.2. The highest BCUT2D eigenvalue weighted by Crippen LogP contribution is 2.21. The highest BCUT2D eigenvalue weighted by Gasteiger charge is 2.27. The number of benzene rings is 1. The third-order valence-corrected chi connectivity index (χ3v) is 6.77. The highest BCUT2D eigenvalue weighted by atomic mass is 32.1. The zero-order valence-corrected chi connectivity index (χ0v) is 19.8. The smallest absolute Gasteiger partial charge is 0.241 e. The van der Waals surface area contributed by atoms with Crippen molar-refractivity contribution < 1.29 is 9.59 Å². The number of hydrogen-bond acceptors (Lipinski definition) is 5. The van der Waals surface area contributed by atoms with E-state index in [0.29, 0.717) is 26.1 Å². The van der Waals surface area contributed by atoms with Gasteiger partial charge in [0.15, 0.2) is 0 Å². The minimum Gasteiger partial charge on any atom is -0.355 e. The molecule has 1 aromatic heterocycles. The van der Waals surface area contributed by atoms with Gasteiger partial charge >= 0.3 is 0 Å². The van der Waals surface area contributed by atoms with Gasteiger partial charge in [0.2, 0.25) is 11.8 Å². The maximum Gasteiger partial charge on any atom is 0.241 e. The predicted molar refractivity (Wildman–Crippen MR) is 129 cm³/mol. The molecule has 1 N–H and O–H groups in total. The molecular formula is C25H32N4O2S. The molecule has 0 saturated carbocycles. The first-order chi connectivity index (χ1) is 15.5. The molecule has 6 nitrogen and oxygen atoms in total. The second kappa shape index (κ2) is 11.8. The summed E-state index contributed by atoms with van der Waals surface area (Å²) in [6.45, 7) is 6.86. The maximum atomic E-state index is 13.1. The molecule has 0 aliphatic carbocycles. The molecule has 2 aromatic rings. The minimum atomic E-state index is 0.00380. The Morgan fingerprint density at radius 2 is 1.94 bits per heavy atom. The summed E-state index contributed by atoms with van der Waals surface area (Å²) in [5, 5.41) is 14.1. The van der Waals surface area contributed by atoms with E-state index in [1.807, 2.05) is 32.0 Å². The number of hydrogen-bond donors (Lipinski definition) is 1. The molecule has 3 rings (SSSR count). The fraction of sp³-hybridized carbons (Fsp3) is 0.480. The summed E-state index contributed by atoms with van der Waals surface area (Å²) in [7, 11) is 0. The number of aryl methyl sites for hydroxylation is 2. The monoisotopic (exact) mass is 452 g/mol. The fourth-order valence-electron chi connectivity index (χ4n) is 4.20. The van der Waals surface area contributed by atoms with E-state index in [9.17, 15) is 9.59 Å². The Labute approximate surface area is 194 Å². The van der Waals surface area contributed by atoms with Crippen molar-refractivity contribution in [1.29, 1.82) is 5.26 Å². The average molecular weight is 453 g/mol. The summed E-state index contributed by atoms with van der Waals surface area (Å²) in [5.41, 5.74) is 3.05. The summed E-state index contributed by atoms with van der Waals surface area (Å²) in [6, 6.07) is 12.3. The molecule has 2 amide bonds. The van der Waals surface area contributed by atoms with Crippen LogP contribution in [0.2, 0.25) is 0 Å². The van der Waals surface area contributed by atoms with Crippen LogP contribution in [0.5, 0.6) is 0 Å². The number of rotatable bonds is 9. The molecule has 7 heteroatoms. The van der Waals surface area contributed by atoms with Crippen molar-refractivity contribution in [2.45, 2.75) is 39.5 Å². The summed E-state index contributed by atoms with van der Waals surface area (Å²) < 4.78 is 0. The lowest BCUT2D eigenvalue weighted by molar-refractivity contribution is -0.126. The number of carbonyl (C=O) groups is 2. The maximum absolute atomic E-state index is 13.1. The Morgan fingerprint density at radius 3 is 2.56 bits per heavy atom. The lowest BCUT2D eigenvalue weighted by Crippen LogP contribution is -2.46. The first-order valence-corrected chi connectivity index (χ1v) is 12.1. The second-order valence-corrected chi connectivity index (χ2v) is 9.50. The highest BCUT2D eigenvalue weighted by molar-refractivity contribution is 7.09. The Bertz CT molecular complexity index is 923. The molecule has 0 radical (unpaired) electrons. The molecule has 0 unspecified atom stereocenters. The molecule has 1 aliphatic heterocycles. The number of nitrogens with one attached hydrogen (secondary N) is 1. The van der Waals surface area contributed by atoms with Gasteiger partial charge in [-0.3, -0.25) is 14.5 Å². The molecule has 2 heterocycles. The van der Waals surface area contributed by atoms with E-state index >= 15 is 0 Å².